The number of aryl methyl sites for hydroxylation is 1. The third-order valence-electron chi connectivity index (χ3n) is 3.05. The number of nitrogens with one attached hydrogen (secondary N) is 1. The van der Waals surface area contributed by atoms with E-state index in [1.54, 1.807) is 7.11 Å². The van der Waals surface area contributed by atoms with Crippen LogP contribution in [-0.2, 0) is 0 Å². The lowest BCUT2D eigenvalue weighted by Crippen LogP contribution is -2.23. The maximum Gasteiger partial charge on any atom is 0.123 e. The number of methoxy groups -OCH3 is 1. The largest absolute Gasteiger partial charge is 0.496 e. The van der Waals surface area contributed by atoms with Crippen molar-refractivity contribution in [1.29, 1.82) is 0 Å². The Hall–Kier alpha value is -0.540. The van der Waals surface area contributed by atoms with Gasteiger partial charge in [-0.1, -0.05) is 36.7 Å². The van der Waals surface area contributed by atoms with Gasteiger partial charge >= 0.3 is 0 Å². The first-order valence-electron chi connectivity index (χ1n) is 6.30. The quantitative estimate of drug-likeness (QED) is 0.886. The summed E-state index contributed by atoms with van der Waals surface area (Å²) in [7, 11) is 3.74. The van der Waals surface area contributed by atoms with Gasteiger partial charge in [0.05, 0.1) is 7.11 Å². The van der Waals surface area contributed by atoms with E-state index in [0.29, 0.717) is 6.04 Å². The molecule has 0 amide bonds. The molecule has 0 saturated heterocycles. The second kappa shape index (κ2) is 6.07. The van der Waals surface area contributed by atoms with Crippen LogP contribution in [0.1, 0.15) is 44.4 Å². The molecule has 0 spiro atoms. The fraction of sp³-hybridized carbons (Fsp3) is 0.600. The molecular weight excluding hydrogens is 290 g/mol. The summed E-state index contributed by atoms with van der Waals surface area (Å²) in [6.45, 7) is 8.85. The zero-order valence-corrected chi connectivity index (χ0v) is 13.8. The van der Waals surface area contributed by atoms with E-state index in [1.165, 1.54) is 11.1 Å². The number of hydrogen-bond donors (Lipinski definition) is 1. The minimum absolute atomic E-state index is 0.274. The molecule has 0 saturated carbocycles. The van der Waals surface area contributed by atoms with E-state index >= 15 is 0 Å². The van der Waals surface area contributed by atoms with Crippen LogP contribution >= 0.6 is 15.9 Å². The molecule has 1 unspecified atom stereocenters. The molecule has 102 valence electrons. The Labute approximate surface area is 119 Å². The first-order chi connectivity index (χ1) is 8.28. The van der Waals surface area contributed by atoms with Gasteiger partial charge < -0.3 is 10.1 Å². The monoisotopic (exact) mass is 313 g/mol. The molecule has 0 aliphatic carbocycles. The first kappa shape index (κ1) is 15.5. The first-order valence-corrected chi connectivity index (χ1v) is 7.09. The highest BCUT2D eigenvalue weighted by Crippen LogP contribution is 2.36. The van der Waals surface area contributed by atoms with Gasteiger partial charge in [0.1, 0.15) is 5.75 Å². The molecule has 1 atom stereocenters. The predicted molar refractivity (Wildman–Crippen MR) is 81.3 cm³/mol. The Kier molecular flexibility index (Phi) is 5.23. The van der Waals surface area contributed by atoms with Crippen molar-refractivity contribution in [3.8, 4) is 5.75 Å². The van der Waals surface area contributed by atoms with Gasteiger partial charge in [0.2, 0.25) is 0 Å². The van der Waals surface area contributed by atoms with Crippen molar-refractivity contribution in [3.63, 3.8) is 0 Å². The summed E-state index contributed by atoms with van der Waals surface area (Å²) >= 11 is 3.60. The molecule has 0 aromatic heterocycles. The second-order valence-corrected chi connectivity index (χ2v) is 6.80. The number of rotatable bonds is 4. The fourth-order valence-electron chi connectivity index (χ4n) is 2.10. The lowest BCUT2D eigenvalue weighted by molar-refractivity contribution is 0.313. The van der Waals surface area contributed by atoms with E-state index in [4.69, 9.17) is 4.74 Å². The van der Waals surface area contributed by atoms with Crippen molar-refractivity contribution in [3.05, 3.63) is 27.7 Å². The van der Waals surface area contributed by atoms with Crippen LogP contribution in [0.3, 0.4) is 0 Å². The smallest absolute Gasteiger partial charge is 0.123 e. The van der Waals surface area contributed by atoms with Gasteiger partial charge in [0, 0.05) is 16.1 Å². The minimum Gasteiger partial charge on any atom is -0.496 e. The molecule has 1 rings (SSSR count). The molecule has 18 heavy (non-hydrogen) atoms. The molecule has 0 fully saturated rings. The molecule has 1 aromatic rings. The lowest BCUT2D eigenvalue weighted by atomic mass is 9.85. The fourth-order valence-corrected chi connectivity index (χ4v) is 2.46. The summed E-state index contributed by atoms with van der Waals surface area (Å²) in [4.78, 5) is 0. The summed E-state index contributed by atoms with van der Waals surface area (Å²) in [5.74, 6) is 0.958. The highest BCUT2D eigenvalue weighted by atomic mass is 79.9. The summed E-state index contributed by atoms with van der Waals surface area (Å²) in [5, 5.41) is 3.40. The average molecular weight is 314 g/mol. The van der Waals surface area contributed by atoms with Crippen molar-refractivity contribution in [2.24, 2.45) is 5.41 Å². The number of halogens is 1. The maximum atomic E-state index is 5.52. The van der Waals surface area contributed by atoms with Crippen LogP contribution in [0.5, 0.6) is 5.75 Å². The van der Waals surface area contributed by atoms with E-state index in [2.05, 4.69) is 61.1 Å². The third kappa shape index (κ3) is 3.99. The van der Waals surface area contributed by atoms with Crippen LogP contribution in [0.15, 0.2) is 16.6 Å². The molecule has 0 aliphatic heterocycles. The normalized spacial score (nSPS) is 13.5. The van der Waals surface area contributed by atoms with Crippen molar-refractivity contribution < 1.29 is 4.74 Å². The molecular formula is C15H24BrNO. The number of ether oxygens (including phenoxy) is 1. The summed E-state index contributed by atoms with van der Waals surface area (Å²) in [5.41, 5.74) is 2.68. The predicted octanol–water partition coefficient (Wildman–Crippen LogP) is 4.46. The molecule has 1 aromatic carbocycles. The molecule has 0 heterocycles. The van der Waals surface area contributed by atoms with Gasteiger partial charge in [0.25, 0.3) is 0 Å². The van der Waals surface area contributed by atoms with Crippen LogP contribution in [0.2, 0.25) is 0 Å². The molecule has 2 nitrogen and oxygen atoms in total. The van der Waals surface area contributed by atoms with Gasteiger partial charge in [-0.2, -0.15) is 0 Å². The van der Waals surface area contributed by atoms with E-state index in [9.17, 15) is 0 Å². The van der Waals surface area contributed by atoms with Crippen LogP contribution in [0, 0.1) is 12.3 Å². The van der Waals surface area contributed by atoms with E-state index < -0.39 is 0 Å². The summed E-state index contributed by atoms with van der Waals surface area (Å²) < 4.78 is 6.65. The zero-order valence-electron chi connectivity index (χ0n) is 12.2. The highest BCUT2D eigenvalue weighted by molar-refractivity contribution is 9.10. The molecule has 0 radical (unpaired) electrons. The van der Waals surface area contributed by atoms with Gasteiger partial charge in [-0.15, -0.1) is 0 Å². The standard InChI is InChI=1S/C15H24BrNO/c1-10-7-14(18-6)11(8-12(10)16)13(17-5)9-15(2,3)4/h7-8,13,17H,9H2,1-6H3. The van der Waals surface area contributed by atoms with Crippen LogP contribution < -0.4 is 10.1 Å². The summed E-state index contributed by atoms with van der Waals surface area (Å²) in [6.07, 6.45) is 1.06. The Bertz CT molecular complexity index is 410. The van der Waals surface area contributed by atoms with Crippen molar-refractivity contribution >= 4 is 15.9 Å². The van der Waals surface area contributed by atoms with Crippen molar-refractivity contribution in [2.45, 2.75) is 40.2 Å². The minimum atomic E-state index is 0.274. The maximum absolute atomic E-state index is 5.52. The molecule has 1 N–H and O–H groups in total. The Morgan fingerprint density at radius 1 is 1.33 bits per heavy atom. The highest BCUT2D eigenvalue weighted by Gasteiger charge is 2.22. The van der Waals surface area contributed by atoms with Crippen LogP contribution in [-0.4, -0.2) is 14.2 Å². The molecule has 0 aliphatic rings. The van der Waals surface area contributed by atoms with Gasteiger partial charge in [-0.3, -0.25) is 0 Å². The van der Waals surface area contributed by atoms with E-state index in [0.717, 1.165) is 16.6 Å². The Balaban J connectivity index is 3.16. The Morgan fingerprint density at radius 2 is 1.94 bits per heavy atom. The second-order valence-electron chi connectivity index (χ2n) is 5.95. The molecule has 3 heteroatoms. The summed E-state index contributed by atoms with van der Waals surface area (Å²) in [6, 6.07) is 4.56. The van der Waals surface area contributed by atoms with E-state index in [-0.39, 0.29) is 5.41 Å². The van der Waals surface area contributed by atoms with Crippen LogP contribution in [0.25, 0.3) is 0 Å². The van der Waals surface area contributed by atoms with Crippen molar-refractivity contribution in [1.82, 2.24) is 5.32 Å². The van der Waals surface area contributed by atoms with Gasteiger partial charge in [0.15, 0.2) is 0 Å². The van der Waals surface area contributed by atoms with Crippen molar-refractivity contribution in [2.75, 3.05) is 14.2 Å². The lowest BCUT2D eigenvalue weighted by Gasteiger charge is -2.27. The van der Waals surface area contributed by atoms with Gasteiger partial charge in [-0.05, 0) is 43.5 Å². The topological polar surface area (TPSA) is 21.3 Å². The Morgan fingerprint density at radius 3 is 2.39 bits per heavy atom. The van der Waals surface area contributed by atoms with Crippen LogP contribution in [0.4, 0.5) is 0 Å². The van der Waals surface area contributed by atoms with Gasteiger partial charge in [-0.25, -0.2) is 0 Å². The SMILES string of the molecule is CNC(CC(C)(C)C)c1cc(Br)c(C)cc1OC. The third-order valence-corrected chi connectivity index (χ3v) is 3.91. The number of benzene rings is 1. The van der Waals surface area contributed by atoms with E-state index in [1.807, 2.05) is 7.05 Å². The average Bonchev–Trinajstić information content (AvgIpc) is 2.28. The number of hydrogen-bond acceptors (Lipinski definition) is 2. The molecule has 0 bridgehead atoms. The zero-order chi connectivity index (χ0) is 13.9.